The number of carbonyl (C=O) groups is 2. The molecule has 8 heteroatoms. The van der Waals surface area contributed by atoms with Crippen LogP contribution in [0.2, 0.25) is 10.0 Å². The number of aromatic hydroxyl groups is 1. The Morgan fingerprint density at radius 2 is 1.48 bits per heavy atom. The van der Waals surface area contributed by atoms with Gasteiger partial charge in [0, 0.05) is 24.8 Å². The van der Waals surface area contributed by atoms with Gasteiger partial charge in [0.25, 0.3) is 0 Å². The first-order valence-electron chi connectivity index (χ1n) is 10.2. The average Bonchev–Trinajstić information content (AvgIpc) is 2.80. The predicted octanol–water partition coefficient (Wildman–Crippen LogP) is 5.49. The van der Waals surface area contributed by atoms with Gasteiger partial charge in [-0.3, -0.25) is 9.59 Å². The molecule has 1 N–H and O–H groups in total. The maximum Gasteiger partial charge on any atom is 0.179 e. The fourth-order valence-corrected chi connectivity index (χ4v) is 5.18. The summed E-state index contributed by atoms with van der Waals surface area (Å²) in [5.41, 5.74) is 1.62. The third-order valence-electron chi connectivity index (χ3n) is 5.13. The topological polar surface area (TPSA) is 88.5 Å². The summed E-state index contributed by atoms with van der Waals surface area (Å²) in [4.78, 5) is 25.1. The molecule has 0 radical (unpaired) electrons. The van der Waals surface area contributed by atoms with E-state index in [-0.39, 0.29) is 52.8 Å². The number of hydrogen-bond donors (Lipinski definition) is 1. The number of benzene rings is 3. The lowest BCUT2D eigenvalue weighted by atomic mass is 10.0. The molecule has 0 unspecified atom stereocenters. The molecular weight excluding hydrogens is 483 g/mol. The Balaban J connectivity index is 1.66. The number of ketones is 2. The van der Waals surface area contributed by atoms with E-state index in [1.54, 1.807) is 42.5 Å². The van der Waals surface area contributed by atoms with Crippen LogP contribution in [0, 0.1) is 0 Å². The van der Waals surface area contributed by atoms with Crippen LogP contribution in [0.1, 0.15) is 34.3 Å². The van der Waals surface area contributed by atoms with Crippen molar-refractivity contribution in [2.24, 2.45) is 0 Å². The third kappa shape index (κ3) is 6.90. The van der Waals surface area contributed by atoms with E-state index in [2.05, 4.69) is 0 Å². The van der Waals surface area contributed by atoms with Crippen LogP contribution in [-0.2, 0) is 27.5 Å². The van der Waals surface area contributed by atoms with Crippen LogP contribution in [0.5, 0.6) is 5.75 Å². The van der Waals surface area contributed by atoms with Crippen molar-refractivity contribution in [1.82, 2.24) is 0 Å². The number of sulfone groups is 1. The number of halogens is 2. The first-order chi connectivity index (χ1) is 15.7. The van der Waals surface area contributed by atoms with Gasteiger partial charge in [0.2, 0.25) is 0 Å². The molecule has 0 amide bonds. The molecule has 0 aliphatic carbocycles. The van der Waals surface area contributed by atoms with E-state index in [1.165, 1.54) is 24.3 Å². The van der Waals surface area contributed by atoms with Crippen molar-refractivity contribution in [3.8, 4) is 5.75 Å². The molecule has 0 saturated carbocycles. The Bertz CT molecular complexity index is 1270. The predicted molar refractivity (Wildman–Crippen MR) is 129 cm³/mol. The monoisotopic (exact) mass is 504 g/mol. The largest absolute Gasteiger partial charge is 0.508 e. The number of phenols is 1. The van der Waals surface area contributed by atoms with E-state index in [0.29, 0.717) is 22.0 Å². The molecule has 0 bridgehead atoms. The fraction of sp³-hybridized carbons (Fsp3) is 0.200. The average molecular weight is 505 g/mol. The quantitative estimate of drug-likeness (QED) is 0.368. The maximum absolute atomic E-state index is 12.9. The molecule has 3 aromatic rings. The number of Topliss-reactive ketones (excluding diaryl/α,β-unsaturated/α-hetero) is 2. The molecule has 3 rings (SSSR count). The van der Waals surface area contributed by atoms with Crippen molar-refractivity contribution in [2.45, 2.75) is 30.6 Å². The maximum atomic E-state index is 12.9. The van der Waals surface area contributed by atoms with E-state index >= 15 is 0 Å². The molecule has 5 nitrogen and oxygen atoms in total. The van der Waals surface area contributed by atoms with Crippen molar-refractivity contribution in [1.29, 1.82) is 0 Å². The highest BCUT2D eigenvalue weighted by Crippen LogP contribution is 2.24. The molecule has 0 fully saturated rings. The smallest absolute Gasteiger partial charge is 0.179 e. The lowest BCUT2D eigenvalue weighted by molar-refractivity contribution is -0.118. The highest BCUT2D eigenvalue weighted by Gasteiger charge is 2.23. The Morgan fingerprint density at radius 3 is 2.18 bits per heavy atom. The summed E-state index contributed by atoms with van der Waals surface area (Å²) in [5.74, 6) is -0.848. The molecule has 0 aliphatic rings. The minimum atomic E-state index is -3.85. The minimum Gasteiger partial charge on any atom is -0.508 e. The van der Waals surface area contributed by atoms with E-state index < -0.39 is 9.84 Å². The van der Waals surface area contributed by atoms with Gasteiger partial charge in [-0.15, -0.1) is 0 Å². The molecule has 0 aliphatic heterocycles. The van der Waals surface area contributed by atoms with Crippen LogP contribution in [0.3, 0.4) is 0 Å². The number of hydrogen-bond acceptors (Lipinski definition) is 5. The van der Waals surface area contributed by atoms with Crippen LogP contribution in [-0.4, -0.2) is 30.8 Å². The van der Waals surface area contributed by atoms with Crippen LogP contribution in [0.25, 0.3) is 0 Å². The van der Waals surface area contributed by atoms with Gasteiger partial charge in [-0.2, -0.15) is 0 Å². The van der Waals surface area contributed by atoms with Crippen LogP contribution >= 0.6 is 23.2 Å². The van der Waals surface area contributed by atoms with Crippen molar-refractivity contribution in [3.63, 3.8) is 0 Å². The highest BCUT2D eigenvalue weighted by molar-refractivity contribution is 7.91. The summed E-state index contributed by atoms with van der Waals surface area (Å²) < 4.78 is 25.9. The second-order valence-corrected chi connectivity index (χ2v) is 10.5. The van der Waals surface area contributed by atoms with Crippen LogP contribution < -0.4 is 0 Å². The summed E-state index contributed by atoms with van der Waals surface area (Å²) in [6.45, 7) is 0. The van der Waals surface area contributed by atoms with Crippen LogP contribution in [0.15, 0.2) is 71.6 Å². The summed E-state index contributed by atoms with van der Waals surface area (Å²) >= 11 is 11.9. The second kappa shape index (κ2) is 11.0. The molecular formula is C25H22Cl2O5S. The summed E-state index contributed by atoms with van der Waals surface area (Å²) in [7, 11) is -3.85. The highest BCUT2D eigenvalue weighted by atomic mass is 35.5. The van der Waals surface area contributed by atoms with Gasteiger partial charge in [-0.1, -0.05) is 59.6 Å². The van der Waals surface area contributed by atoms with Gasteiger partial charge in [0.1, 0.15) is 11.5 Å². The van der Waals surface area contributed by atoms with Crippen molar-refractivity contribution in [2.75, 3.05) is 5.75 Å². The molecule has 3 aromatic carbocycles. The number of rotatable bonds is 10. The fourth-order valence-electron chi connectivity index (χ4n) is 3.34. The van der Waals surface area contributed by atoms with Gasteiger partial charge < -0.3 is 5.11 Å². The Hall–Kier alpha value is -2.67. The molecule has 0 heterocycles. The first kappa shape index (κ1) is 25.0. The van der Waals surface area contributed by atoms with Gasteiger partial charge >= 0.3 is 0 Å². The standard InChI is InChI=1S/C25H22Cl2O5S/c26-22-11-7-18(16-23(22)27)8-12-24(30)21-3-1-2-4-25(21)33(31,32)14-13-20(29)15-17-5-9-19(28)10-6-17/h1-7,9-11,16,28H,8,12-15H2. The summed E-state index contributed by atoms with van der Waals surface area (Å²) in [5, 5.41) is 10.1. The second-order valence-electron chi connectivity index (χ2n) is 7.62. The SMILES string of the molecule is O=C(CCS(=O)(=O)c1ccccc1C(=O)CCc1ccc(Cl)c(Cl)c1)Cc1ccc(O)cc1. The van der Waals surface area contributed by atoms with Gasteiger partial charge in [-0.25, -0.2) is 8.42 Å². The Morgan fingerprint density at radius 1 is 0.818 bits per heavy atom. The van der Waals surface area contributed by atoms with Gasteiger partial charge in [0.05, 0.1) is 20.7 Å². The molecule has 33 heavy (non-hydrogen) atoms. The summed E-state index contributed by atoms with van der Waals surface area (Å²) in [6.07, 6.45) is 0.383. The number of aryl methyl sites for hydroxylation is 1. The zero-order valence-electron chi connectivity index (χ0n) is 17.6. The molecule has 172 valence electrons. The number of phenolic OH excluding ortho intramolecular Hbond substituents is 1. The van der Waals surface area contributed by atoms with Crippen molar-refractivity contribution in [3.05, 3.63) is 93.5 Å². The van der Waals surface area contributed by atoms with Crippen molar-refractivity contribution >= 4 is 44.6 Å². The zero-order valence-corrected chi connectivity index (χ0v) is 20.0. The molecule has 0 atom stereocenters. The Kier molecular flexibility index (Phi) is 8.30. The van der Waals surface area contributed by atoms with E-state index in [4.69, 9.17) is 23.2 Å². The van der Waals surface area contributed by atoms with Crippen molar-refractivity contribution < 1.29 is 23.1 Å². The van der Waals surface area contributed by atoms with E-state index in [9.17, 15) is 23.1 Å². The van der Waals surface area contributed by atoms with E-state index in [0.717, 1.165) is 5.56 Å². The molecule has 0 spiro atoms. The number of carbonyl (C=O) groups excluding carboxylic acids is 2. The molecule has 0 aromatic heterocycles. The molecule has 0 saturated heterocycles. The minimum absolute atomic E-state index is 0.0680. The first-order valence-corrected chi connectivity index (χ1v) is 12.6. The van der Waals surface area contributed by atoms with Crippen LogP contribution in [0.4, 0.5) is 0 Å². The zero-order chi connectivity index (χ0) is 24.0. The lowest BCUT2D eigenvalue weighted by Gasteiger charge is -2.10. The summed E-state index contributed by atoms with van der Waals surface area (Å²) in [6, 6.07) is 17.3. The van der Waals surface area contributed by atoms with Gasteiger partial charge in [-0.05, 0) is 47.9 Å². The van der Waals surface area contributed by atoms with E-state index in [1.807, 2.05) is 0 Å². The third-order valence-corrected chi connectivity index (χ3v) is 7.64. The normalized spacial score (nSPS) is 11.3. The van der Waals surface area contributed by atoms with Gasteiger partial charge in [0.15, 0.2) is 15.6 Å². The lowest BCUT2D eigenvalue weighted by Crippen LogP contribution is -2.16. The Labute approximate surface area is 202 Å².